The Labute approximate surface area is 405 Å². The van der Waals surface area contributed by atoms with Gasteiger partial charge in [0.25, 0.3) is 0 Å². The lowest BCUT2D eigenvalue weighted by Gasteiger charge is -2.34. The molecule has 2 aliphatic rings. The molecule has 0 aromatic heterocycles. The maximum atomic E-state index is 2.48. The van der Waals surface area contributed by atoms with E-state index in [1.54, 1.807) is 0 Å². The molecular formula is C68H49N. The summed E-state index contributed by atoms with van der Waals surface area (Å²) in [6, 6.07) is 96.7. The fraction of sp³-hybridized carbons (Fsp3) is 0.0588. The number of rotatable bonds is 8. The van der Waals surface area contributed by atoms with Crippen LogP contribution < -0.4 is 4.90 Å². The molecule has 1 nitrogen and oxygen atoms in total. The van der Waals surface area contributed by atoms with Crippen LogP contribution in [-0.2, 0) is 10.8 Å². The molecule has 0 spiro atoms. The van der Waals surface area contributed by atoms with Crippen molar-refractivity contribution in [3.05, 3.63) is 294 Å². The third-order valence-corrected chi connectivity index (χ3v) is 15.2. The van der Waals surface area contributed by atoms with Crippen LogP contribution in [0.25, 0.3) is 66.4 Å². The summed E-state index contributed by atoms with van der Waals surface area (Å²) in [6.07, 6.45) is 0. The van der Waals surface area contributed by atoms with Crippen molar-refractivity contribution >= 4 is 27.8 Å². The molecule has 0 heterocycles. The molecule has 0 N–H and O–H groups in total. The highest BCUT2D eigenvalue weighted by molar-refractivity contribution is 5.99. The van der Waals surface area contributed by atoms with E-state index in [2.05, 4.69) is 280 Å². The van der Waals surface area contributed by atoms with Crippen LogP contribution in [0.4, 0.5) is 17.1 Å². The van der Waals surface area contributed by atoms with Crippen molar-refractivity contribution in [2.45, 2.75) is 24.7 Å². The number of benzene rings is 11. The number of fused-ring (bicyclic) bond motifs is 7. The van der Waals surface area contributed by atoms with Crippen LogP contribution >= 0.6 is 0 Å². The third kappa shape index (κ3) is 6.38. The summed E-state index contributed by atoms with van der Waals surface area (Å²) in [5.74, 6) is 0. The minimum atomic E-state index is -0.514. The number of hydrogen-bond donors (Lipinski definition) is 0. The smallest absolute Gasteiger partial charge is 0.0714 e. The summed E-state index contributed by atoms with van der Waals surface area (Å²) in [7, 11) is 0. The summed E-state index contributed by atoms with van der Waals surface area (Å²) in [4.78, 5) is 2.48. The lowest BCUT2D eigenvalue weighted by molar-refractivity contribution is 0.660. The van der Waals surface area contributed by atoms with Gasteiger partial charge in [-0.1, -0.05) is 232 Å². The van der Waals surface area contributed by atoms with Crippen LogP contribution in [0.3, 0.4) is 0 Å². The fourth-order valence-corrected chi connectivity index (χ4v) is 11.9. The van der Waals surface area contributed by atoms with Crippen molar-refractivity contribution < 1.29 is 0 Å². The summed E-state index contributed by atoms with van der Waals surface area (Å²) < 4.78 is 0. The van der Waals surface area contributed by atoms with E-state index in [9.17, 15) is 0 Å². The van der Waals surface area contributed by atoms with E-state index < -0.39 is 5.41 Å². The Hall–Kier alpha value is -8.52. The van der Waals surface area contributed by atoms with E-state index >= 15 is 0 Å². The normalized spacial score (nSPS) is 13.6. The molecule has 0 aliphatic heterocycles. The van der Waals surface area contributed by atoms with Gasteiger partial charge in [-0.3, -0.25) is 0 Å². The zero-order valence-corrected chi connectivity index (χ0v) is 38.8. The standard InChI is InChI=1S/C68H49N/c1-67(2)61-30-13-11-27-58(61)59-43-38-50(45-64(59)67)47-36-41-55(42-37-47)69(54-39-34-46(35-40-54)49-20-15-21-51(44-49)57-29-16-19-48-18-9-10-26-56(48)57)65-33-17-32-63-66(65)60-28-12-14-31-62(60)68(63,52-22-5-3-6-23-52)53-24-7-4-8-25-53/h3-45H,1-2H3. The van der Waals surface area contributed by atoms with Gasteiger partial charge in [0, 0.05) is 22.4 Å². The highest BCUT2D eigenvalue weighted by Gasteiger charge is 2.47. The molecule has 0 unspecified atom stereocenters. The first kappa shape index (κ1) is 40.7. The minimum absolute atomic E-state index is 0.0687. The molecule has 326 valence electrons. The third-order valence-electron chi connectivity index (χ3n) is 15.2. The summed E-state index contributed by atoms with van der Waals surface area (Å²) >= 11 is 0. The van der Waals surface area contributed by atoms with Gasteiger partial charge in [0.15, 0.2) is 0 Å². The predicted octanol–water partition coefficient (Wildman–Crippen LogP) is 18.0. The summed E-state index contributed by atoms with van der Waals surface area (Å²) in [5, 5.41) is 2.51. The molecule has 2 aliphatic carbocycles. The fourth-order valence-electron chi connectivity index (χ4n) is 11.9. The zero-order chi connectivity index (χ0) is 46.1. The van der Waals surface area contributed by atoms with E-state index in [1.165, 1.54) is 99.8 Å². The van der Waals surface area contributed by atoms with Crippen LogP contribution in [0.15, 0.2) is 261 Å². The molecule has 11 aromatic carbocycles. The average molecular weight is 880 g/mol. The Balaban J connectivity index is 0.966. The first-order valence-electron chi connectivity index (χ1n) is 24.2. The second kappa shape index (κ2) is 16.1. The average Bonchev–Trinajstić information content (AvgIpc) is 3.85. The Morgan fingerprint density at radius 1 is 0.304 bits per heavy atom. The topological polar surface area (TPSA) is 3.24 Å². The second-order valence-corrected chi connectivity index (χ2v) is 19.2. The maximum absolute atomic E-state index is 2.48. The zero-order valence-electron chi connectivity index (χ0n) is 38.8. The van der Waals surface area contributed by atoms with E-state index in [4.69, 9.17) is 0 Å². The quantitative estimate of drug-likeness (QED) is 0.147. The van der Waals surface area contributed by atoms with Crippen molar-refractivity contribution in [3.63, 3.8) is 0 Å². The van der Waals surface area contributed by atoms with Gasteiger partial charge in [-0.05, 0) is 137 Å². The minimum Gasteiger partial charge on any atom is -0.310 e. The molecule has 1 heteroatoms. The van der Waals surface area contributed by atoms with E-state index in [-0.39, 0.29) is 5.41 Å². The molecule has 0 saturated heterocycles. The van der Waals surface area contributed by atoms with Crippen LogP contribution in [0, 0.1) is 0 Å². The molecule has 0 bridgehead atoms. The van der Waals surface area contributed by atoms with Crippen LogP contribution in [0.2, 0.25) is 0 Å². The van der Waals surface area contributed by atoms with Crippen molar-refractivity contribution in [1.82, 2.24) is 0 Å². The van der Waals surface area contributed by atoms with Gasteiger partial charge in [0.2, 0.25) is 0 Å². The highest BCUT2D eigenvalue weighted by Crippen LogP contribution is 2.59. The largest absolute Gasteiger partial charge is 0.310 e. The van der Waals surface area contributed by atoms with E-state index in [0.29, 0.717) is 0 Å². The van der Waals surface area contributed by atoms with Crippen molar-refractivity contribution in [3.8, 4) is 55.6 Å². The van der Waals surface area contributed by atoms with E-state index in [0.717, 1.165) is 17.1 Å². The molecule has 0 atom stereocenters. The lowest BCUT2D eigenvalue weighted by atomic mass is 9.68. The monoisotopic (exact) mass is 879 g/mol. The van der Waals surface area contributed by atoms with Gasteiger partial charge in [0.05, 0.1) is 11.1 Å². The summed E-state index contributed by atoms with van der Waals surface area (Å²) in [5.41, 5.74) is 23.1. The van der Waals surface area contributed by atoms with Gasteiger partial charge in [0.1, 0.15) is 0 Å². The van der Waals surface area contributed by atoms with Gasteiger partial charge >= 0.3 is 0 Å². The number of nitrogens with zero attached hydrogens (tertiary/aromatic N) is 1. The second-order valence-electron chi connectivity index (χ2n) is 19.2. The van der Waals surface area contributed by atoms with Crippen LogP contribution in [0.1, 0.15) is 47.2 Å². The Kier molecular flexibility index (Phi) is 9.49. The van der Waals surface area contributed by atoms with Crippen LogP contribution in [0.5, 0.6) is 0 Å². The molecule has 0 saturated carbocycles. The van der Waals surface area contributed by atoms with Gasteiger partial charge in [-0.15, -0.1) is 0 Å². The SMILES string of the molecule is CC1(C)c2ccccc2-c2ccc(-c3ccc(N(c4ccc(-c5cccc(-c6cccc7ccccc67)c5)cc4)c4cccc5c4-c4ccccc4C5(c4ccccc4)c4ccccc4)cc3)cc21. The molecule has 0 fully saturated rings. The highest BCUT2D eigenvalue weighted by atomic mass is 15.1. The van der Waals surface area contributed by atoms with Crippen molar-refractivity contribution in [2.75, 3.05) is 4.90 Å². The number of anilines is 3. The number of hydrogen-bond acceptors (Lipinski definition) is 1. The van der Waals surface area contributed by atoms with Gasteiger partial charge in [-0.25, -0.2) is 0 Å². The van der Waals surface area contributed by atoms with Gasteiger partial charge < -0.3 is 4.90 Å². The molecule has 0 radical (unpaired) electrons. The molecule has 0 amide bonds. The molecule has 13 rings (SSSR count). The van der Waals surface area contributed by atoms with Gasteiger partial charge in [-0.2, -0.15) is 0 Å². The first-order chi connectivity index (χ1) is 34.0. The van der Waals surface area contributed by atoms with Crippen LogP contribution in [-0.4, -0.2) is 0 Å². The molecule has 69 heavy (non-hydrogen) atoms. The van der Waals surface area contributed by atoms with Crippen molar-refractivity contribution in [1.29, 1.82) is 0 Å². The molecular weight excluding hydrogens is 831 g/mol. The van der Waals surface area contributed by atoms with E-state index in [1.807, 2.05) is 0 Å². The Bertz CT molecular complexity index is 3690. The maximum Gasteiger partial charge on any atom is 0.0714 e. The Morgan fingerprint density at radius 3 is 1.51 bits per heavy atom. The lowest BCUT2D eigenvalue weighted by Crippen LogP contribution is -2.28. The summed E-state index contributed by atoms with van der Waals surface area (Å²) in [6.45, 7) is 4.71. The first-order valence-corrected chi connectivity index (χ1v) is 24.2. The molecule has 11 aromatic rings. The Morgan fingerprint density at radius 2 is 0.797 bits per heavy atom. The van der Waals surface area contributed by atoms with Crippen molar-refractivity contribution in [2.24, 2.45) is 0 Å². The predicted molar refractivity (Wildman–Crippen MR) is 290 cm³/mol.